The van der Waals surface area contributed by atoms with Gasteiger partial charge in [-0.1, -0.05) is 81.6 Å². The summed E-state index contributed by atoms with van der Waals surface area (Å²) in [5, 5.41) is 0. The highest BCUT2D eigenvalue weighted by molar-refractivity contribution is 7.52. The van der Waals surface area contributed by atoms with Crippen LogP contribution in [0.4, 0.5) is 0 Å². The monoisotopic (exact) mass is 969 g/mol. The zero-order valence-electron chi connectivity index (χ0n) is 43.7. The van der Waals surface area contributed by atoms with Crippen molar-refractivity contribution in [2.75, 3.05) is 94.1 Å². The quantitative estimate of drug-likeness (QED) is 0.0325. The Labute approximate surface area is 402 Å². The van der Waals surface area contributed by atoms with E-state index < -0.39 is 36.9 Å². The van der Waals surface area contributed by atoms with Crippen LogP contribution in [0.5, 0.6) is 0 Å². The minimum absolute atomic E-state index is 0.0701. The molecule has 0 bridgehead atoms. The zero-order chi connectivity index (χ0) is 51.3. The van der Waals surface area contributed by atoms with Crippen LogP contribution in [0, 0.1) is 21.7 Å². The molecule has 2 rings (SSSR count). The molecule has 16 heteroatoms. The van der Waals surface area contributed by atoms with Gasteiger partial charge in [-0.25, -0.2) is 19.2 Å². The summed E-state index contributed by atoms with van der Waals surface area (Å²) < 4.78 is 65.2. The van der Waals surface area contributed by atoms with Gasteiger partial charge in [-0.05, 0) is 75.7 Å². The summed E-state index contributed by atoms with van der Waals surface area (Å²) in [6.45, 7) is 28.6. The first-order valence-electron chi connectivity index (χ1n) is 23.0. The number of benzene rings is 2. The fourth-order valence-corrected chi connectivity index (χ4v) is 6.74. The SMILES string of the molecule is CCCCCCOP(C)(=O)OCC(C)(C)COC(=O)c1ccc(C(=O)OCC(C)(C)COC)cc1.CCOC(C)C.COCC(C)(C)COC(=O)c1ccc(C(=O)OCC(C)(C)COC)cc1. The highest BCUT2D eigenvalue weighted by Crippen LogP contribution is 2.45. The maximum atomic E-state index is 12.5. The van der Waals surface area contributed by atoms with Gasteiger partial charge in [-0.15, -0.1) is 0 Å². The predicted molar refractivity (Wildman–Crippen MR) is 261 cm³/mol. The van der Waals surface area contributed by atoms with Crippen LogP contribution < -0.4 is 0 Å². The van der Waals surface area contributed by atoms with Crippen LogP contribution in [0.3, 0.4) is 0 Å². The van der Waals surface area contributed by atoms with Crippen LogP contribution in [0.25, 0.3) is 0 Å². The topological polar surface area (TPSA) is 178 Å². The first kappa shape index (κ1) is 63.3. The van der Waals surface area contributed by atoms with Crippen molar-refractivity contribution in [2.45, 2.75) is 115 Å². The first-order valence-corrected chi connectivity index (χ1v) is 25.0. The first-order chi connectivity index (χ1) is 31.2. The van der Waals surface area contributed by atoms with Gasteiger partial charge in [0, 0.05) is 56.3 Å². The zero-order valence-corrected chi connectivity index (χ0v) is 44.6. The van der Waals surface area contributed by atoms with Crippen LogP contribution in [-0.4, -0.2) is 124 Å². The van der Waals surface area contributed by atoms with Crippen molar-refractivity contribution < 1.29 is 70.7 Å². The number of methoxy groups -OCH3 is 3. The van der Waals surface area contributed by atoms with E-state index in [1.54, 1.807) is 45.6 Å². The molecule has 67 heavy (non-hydrogen) atoms. The van der Waals surface area contributed by atoms with Gasteiger partial charge in [-0.3, -0.25) is 4.57 Å². The summed E-state index contributed by atoms with van der Waals surface area (Å²) >= 11 is 0. The standard InChI is InChI=1S/C26H43O8P.C20H30O6.C5H12O/c1-8-9-10-11-16-33-35(7,29)34-20-26(4,5)19-32-24(28)22-14-12-21(13-15-22)23(27)31-18-25(2,3)17-30-6;1-19(2,11-23-5)13-25-17(21)15-7-9-16(10-8-15)18(22)26-14-20(3,4)12-24-6;1-4-6-5(2)3/h12-15H,8-11,16-20H2,1-7H3;7-10H,11-14H2,1-6H3;5H,4H2,1-3H3. The Bertz CT molecular complexity index is 1700. The number of esters is 4. The highest BCUT2D eigenvalue weighted by atomic mass is 31.2. The van der Waals surface area contributed by atoms with Gasteiger partial charge in [0.2, 0.25) is 0 Å². The van der Waals surface area contributed by atoms with Gasteiger partial charge >= 0.3 is 31.5 Å². The fraction of sp³-hybridized carbons (Fsp3) is 0.686. The van der Waals surface area contributed by atoms with E-state index >= 15 is 0 Å². The lowest BCUT2D eigenvalue weighted by atomic mass is 9.96. The third kappa shape index (κ3) is 30.4. The summed E-state index contributed by atoms with van der Waals surface area (Å²) in [6, 6.07) is 12.3. The number of hydrogen-bond acceptors (Lipinski definition) is 15. The van der Waals surface area contributed by atoms with Crippen LogP contribution in [0.15, 0.2) is 48.5 Å². The summed E-state index contributed by atoms with van der Waals surface area (Å²) in [7, 11) is 1.65. The second-order valence-corrected chi connectivity index (χ2v) is 21.9. The van der Waals surface area contributed by atoms with Crippen molar-refractivity contribution in [1.29, 1.82) is 0 Å². The number of ether oxygens (including phenoxy) is 8. The number of carbonyl (C=O) groups excluding carboxylic acids is 4. The van der Waals surface area contributed by atoms with Gasteiger partial charge in [0.15, 0.2) is 0 Å². The summed E-state index contributed by atoms with van der Waals surface area (Å²) in [6.07, 6.45) is 4.52. The molecule has 0 spiro atoms. The fourth-order valence-electron chi connectivity index (χ4n) is 5.62. The molecule has 384 valence electrons. The Balaban J connectivity index is 0.00000119. The van der Waals surface area contributed by atoms with E-state index in [9.17, 15) is 23.7 Å². The van der Waals surface area contributed by atoms with Crippen LogP contribution >= 0.6 is 7.60 Å². The normalized spacial score (nSPS) is 12.7. The lowest BCUT2D eigenvalue weighted by Crippen LogP contribution is -2.27. The average molecular weight is 969 g/mol. The molecular formula is C51H85O15P. The molecular weight excluding hydrogens is 884 g/mol. The Morgan fingerprint density at radius 2 is 0.776 bits per heavy atom. The van der Waals surface area contributed by atoms with E-state index in [2.05, 4.69) is 6.92 Å². The van der Waals surface area contributed by atoms with E-state index in [-0.39, 0.29) is 49.3 Å². The van der Waals surface area contributed by atoms with Gasteiger partial charge in [-0.2, -0.15) is 0 Å². The maximum absolute atomic E-state index is 12.5. The molecule has 15 nitrogen and oxygen atoms in total. The maximum Gasteiger partial charge on any atom is 0.338 e. The summed E-state index contributed by atoms with van der Waals surface area (Å²) in [5.74, 6) is -1.86. The van der Waals surface area contributed by atoms with Crippen LogP contribution in [0.2, 0.25) is 0 Å². The largest absolute Gasteiger partial charge is 0.461 e. The van der Waals surface area contributed by atoms with E-state index in [4.69, 9.17) is 46.9 Å². The molecule has 0 amide bonds. The van der Waals surface area contributed by atoms with Crippen molar-refractivity contribution in [2.24, 2.45) is 21.7 Å². The second kappa shape index (κ2) is 32.2. The molecule has 0 aliphatic heterocycles. The van der Waals surface area contributed by atoms with Gasteiger partial charge in [0.1, 0.15) is 0 Å². The van der Waals surface area contributed by atoms with E-state index in [1.165, 1.54) is 30.9 Å². The number of carbonyl (C=O) groups is 4. The Hall–Kier alpha value is -3.69. The minimum Gasteiger partial charge on any atom is -0.461 e. The van der Waals surface area contributed by atoms with Crippen molar-refractivity contribution >= 4 is 31.5 Å². The minimum atomic E-state index is -3.17. The Kier molecular flexibility index (Phi) is 30.4. The van der Waals surface area contributed by atoms with E-state index in [0.29, 0.717) is 54.8 Å². The predicted octanol–water partition coefficient (Wildman–Crippen LogP) is 10.9. The summed E-state index contributed by atoms with van der Waals surface area (Å²) in [4.78, 5) is 49.0. The van der Waals surface area contributed by atoms with Crippen LogP contribution in [-0.2, 0) is 51.5 Å². The lowest BCUT2D eigenvalue weighted by molar-refractivity contribution is 0.0127. The second-order valence-electron chi connectivity index (χ2n) is 19.9. The highest BCUT2D eigenvalue weighted by Gasteiger charge is 2.28. The van der Waals surface area contributed by atoms with Crippen molar-refractivity contribution in [3.63, 3.8) is 0 Å². The lowest BCUT2D eigenvalue weighted by Gasteiger charge is -2.25. The number of unbranched alkanes of at least 4 members (excludes halogenated alkanes) is 3. The van der Waals surface area contributed by atoms with Gasteiger partial charge in [0.25, 0.3) is 0 Å². The van der Waals surface area contributed by atoms with Crippen molar-refractivity contribution in [3.8, 4) is 0 Å². The molecule has 0 radical (unpaired) electrons. The molecule has 2 aromatic rings. The molecule has 0 fully saturated rings. The van der Waals surface area contributed by atoms with E-state index in [0.717, 1.165) is 32.3 Å². The average Bonchev–Trinajstić information content (AvgIpc) is 3.25. The van der Waals surface area contributed by atoms with Gasteiger partial charge < -0.3 is 46.9 Å². The van der Waals surface area contributed by atoms with E-state index in [1.807, 2.05) is 76.2 Å². The van der Waals surface area contributed by atoms with Crippen molar-refractivity contribution in [3.05, 3.63) is 70.8 Å². The Morgan fingerprint density at radius 3 is 1.01 bits per heavy atom. The van der Waals surface area contributed by atoms with Crippen LogP contribution in [0.1, 0.15) is 150 Å². The molecule has 0 saturated heterocycles. The number of rotatable bonds is 29. The molecule has 1 unspecified atom stereocenters. The molecule has 0 aliphatic carbocycles. The molecule has 0 saturated carbocycles. The molecule has 0 aliphatic rings. The molecule has 0 N–H and O–H groups in total. The molecule has 2 aromatic carbocycles. The molecule has 0 aromatic heterocycles. The third-order valence-electron chi connectivity index (χ3n) is 9.21. The molecule has 1 atom stereocenters. The smallest absolute Gasteiger partial charge is 0.338 e. The summed E-state index contributed by atoms with van der Waals surface area (Å²) in [5.41, 5.74) is 0.0463. The number of hydrogen-bond donors (Lipinski definition) is 0. The Morgan fingerprint density at radius 1 is 0.478 bits per heavy atom. The third-order valence-corrected chi connectivity index (χ3v) is 10.5. The molecule has 0 heterocycles. The van der Waals surface area contributed by atoms with Crippen molar-refractivity contribution in [1.82, 2.24) is 0 Å². The van der Waals surface area contributed by atoms with Gasteiger partial charge in [0.05, 0.1) is 87.8 Å².